The van der Waals surface area contributed by atoms with E-state index in [-0.39, 0.29) is 19.4 Å². The number of phosphoric ester groups is 1. The number of rotatable bonds is 51. The van der Waals surface area contributed by atoms with E-state index in [4.69, 9.17) is 24.8 Å². The lowest BCUT2D eigenvalue weighted by Crippen LogP contribution is -2.34. The second-order valence-corrected chi connectivity index (χ2v) is 19.8. The van der Waals surface area contributed by atoms with Gasteiger partial charge in [-0.3, -0.25) is 23.4 Å². The van der Waals surface area contributed by atoms with E-state index in [0.29, 0.717) is 19.3 Å². The Kier molecular flexibility index (Phi) is 47.9. The molecule has 0 aromatic heterocycles. The monoisotopic (exact) mass is 966 g/mol. The van der Waals surface area contributed by atoms with Crippen LogP contribution in [0.25, 0.3) is 0 Å². The molecule has 0 spiro atoms. The molecule has 3 atom stereocenters. The second-order valence-electron chi connectivity index (χ2n) is 18.4. The standard InChI is InChI=1S/C55H100NO10P/c1-3-5-7-9-11-13-15-17-19-21-23-25-27-29-31-33-35-37-39-41-43-45-47-54(58)66-51(49-64-67(61,62)65-50-52(56)55(59)60)48-63-53(57)46-44-42-40-38-36-34-32-30-28-26-24-22-20-18-16-14-12-10-8-6-4-2/h20,22,26,28,32,34,38,40,51-52H,3-19,21,23-25,27,29-31,33,35-37,39,41-50,56H2,1-2H3,(H,59,60)(H,61,62)/b22-20+,28-26+,34-32+,40-38+/t51-,52+/m1/s1. The third-order valence-corrected chi connectivity index (χ3v) is 12.8. The summed E-state index contributed by atoms with van der Waals surface area (Å²) in [6.07, 6.45) is 59.0. The lowest BCUT2D eigenvalue weighted by Gasteiger charge is -2.20. The van der Waals surface area contributed by atoms with Crippen LogP contribution in [0, 0.1) is 0 Å². The van der Waals surface area contributed by atoms with E-state index in [1.807, 2.05) is 6.08 Å². The molecule has 4 N–H and O–H groups in total. The van der Waals surface area contributed by atoms with Crippen molar-refractivity contribution in [2.24, 2.45) is 5.73 Å². The number of unbranched alkanes of at least 4 members (excludes halogenated alkanes) is 29. The Hall–Kier alpha value is -2.56. The number of carboxylic acids is 1. The van der Waals surface area contributed by atoms with Crippen LogP contribution >= 0.6 is 7.82 Å². The zero-order valence-electron chi connectivity index (χ0n) is 42.7. The van der Waals surface area contributed by atoms with Gasteiger partial charge in [0.1, 0.15) is 12.6 Å². The van der Waals surface area contributed by atoms with Crippen molar-refractivity contribution in [1.29, 1.82) is 0 Å². The Bertz CT molecular complexity index is 1320. The Balaban J connectivity index is 4.28. The maximum Gasteiger partial charge on any atom is 0.472 e. The van der Waals surface area contributed by atoms with E-state index >= 15 is 0 Å². The predicted octanol–water partition coefficient (Wildman–Crippen LogP) is 15.7. The van der Waals surface area contributed by atoms with Crippen molar-refractivity contribution in [1.82, 2.24) is 0 Å². The minimum Gasteiger partial charge on any atom is -0.480 e. The van der Waals surface area contributed by atoms with Gasteiger partial charge in [0, 0.05) is 12.8 Å². The molecule has 0 aliphatic carbocycles. The summed E-state index contributed by atoms with van der Waals surface area (Å²) in [5.74, 6) is -2.44. The molecule has 0 aliphatic heterocycles. The molecule has 11 nitrogen and oxygen atoms in total. The summed E-state index contributed by atoms with van der Waals surface area (Å²) in [5.41, 5.74) is 5.36. The van der Waals surface area contributed by atoms with Gasteiger partial charge in [0.15, 0.2) is 6.10 Å². The molecule has 1 unspecified atom stereocenters. The number of phosphoric acid groups is 1. The molecule has 12 heteroatoms. The quantitative estimate of drug-likeness (QED) is 0.0229. The van der Waals surface area contributed by atoms with E-state index < -0.39 is 51.1 Å². The Morgan fingerprint density at radius 1 is 0.463 bits per heavy atom. The maximum absolute atomic E-state index is 12.7. The van der Waals surface area contributed by atoms with Crippen LogP contribution < -0.4 is 5.73 Å². The Morgan fingerprint density at radius 2 is 0.806 bits per heavy atom. The van der Waals surface area contributed by atoms with Gasteiger partial charge in [0.2, 0.25) is 0 Å². The SMILES string of the molecule is CCCCCCCCC/C=C/C/C=C/C/C=C/C/C=C/CCCC(=O)OC[C@H](COP(=O)(O)OC[C@H](N)C(=O)O)OC(=O)CCCCCCCCCCCCCCCCCCCCCCCC. The molecule has 0 rings (SSSR count). The first-order chi connectivity index (χ1) is 32.6. The summed E-state index contributed by atoms with van der Waals surface area (Å²) in [6, 6.07) is -1.53. The first-order valence-electron chi connectivity index (χ1n) is 27.2. The van der Waals surface area contributed by atoms with Crippen molar-refractivity contribution in [2.75, 3.05) is 19.8 Å². The summed E-state index contributed by atoms with van der Waals surface area (Å²) in [6.45, 7) is 2.79. The molecular weight excluding hydrogens is 866 g/mol. The summed E-state index contributed by atoms with van der Waals surface area (Å²) >= 11 is 0. The number of ether oxygens (including phenoxy) is 2. The molecule has 0 heterocycles. The van der Waals surface area contributed by atoms with Crippen LogP contribution in [0.15, 0.2) is 48.6 Å². The van der Waals surface area contributed by atoms with Crippen molar-refractivity contribution in [2.45, 2.75) is 264 Å². The number of carbonyl (C=O) groups is 3. The van der Waals surface area contributed by atoms with E-state index in [1.165, 1.54) is 167 Å². The zero-order chi connectivity index (χ0) is 49.2. The fourth-order valence-corrected chi connectivity index (χ4v) is 8.37. The van der Waals surface area contributed by atoms with Gasteiger partial charge in [0.05, 0.1) is 13.2 Å². The molecule has 0 saturated heterocycles. The molecular formula is C55H100NO10P. The van der Waals surface area contributed by atoms with Gasteiger partial charge < -0.3 is 25.2 Å². The normalized spacial score (nSPS) is 13.9. The number of esters is 2. The minimum atomic E-state index is -4.74. The van der Waals surface area contributed by atoms with Crippen LogP contribution in [0.2, 0.25) is 0 Å². The van der Waals surface area contributed by atoms with Crippen LogP contribution in [0.1, 0.15) is 251 Å². The lowest BCUT2D eigenvalue weighted by molar-refractivity contribution is -0.161. The minimum absolute atomic E-state index is 0.147. The number of hydrogen-bond acceptors (Lipinski definition) is 9. The third-order valence-electron chi connectivity index (χ3n) is 11.8. The smallest absolute Gasteiger partial charge is 0.472 e. The van der Waals surface area contributed by atoms with Crippen molar-refractivity contribution in [3.8, 4) is 0 Å². The molecule has 0 saturated carbocycles. The van der Waals surface area contributed by atoms with Gasteiger partial charge in [0.25, 0.3) is 0 Å². The van der Waals surface area contributed by atoms with E-state index in [2.05, 4.69) is 60.9 Å². The first kappa shape index (κ1) is 64.4. The highest BCUT2D eigenvalue weighted by Gasteiger charge is 2.28. The van der Waals surface area contributed by atoms with Crippen LogP contribution in [-0.4, -0.2) is 59.9 Å². The van der Waals surface area contributed by atoms with Crippen LogP contribution in [0.4, 0.5) is 0 Å². The number of nitrogens with two attached hydrogens (primary N) is 1. The van der Waals surface area contributed by atoms with Crippen molar-refractivity contribution in [3.05, 3.63) is 48.6 Å². The third kappa shape index (κ3) is 49.7. The molecule has 0 aliphatic rings. The Labute approximate surface area is 409 Å². The van der Waals surface area contributed by atoms with Gasteiger partial charge in [-0.1, -0.05) is 236 Å². The van der Waals surface area contributed by atoms with Gasteiger partial charge in [-0.05, 0) is 51.4 Å². The predicted molar refractivity (Wildman–Crippen MR) is 277 cm³/mol. The summed E-state index contributed by atoms with van der Waals surface area (Å²) in [4.78, 5) is 46.2. The van der Waals surface area contributed by atoms with Gasteiger partial charge in [-0.2, -0.15) is 0 Å². The molecule has 0 fully saturated rings. The van der Waals surface area contributed by atoms with E-state index in [0.717, 1.165) is 38.5 Å². The molecule has 67 heavy (non-hydrogen) atoms. The van der Waals surface area contributed by atoms with Gasteiger partial charge >= 0.3 is 25.7 Å². The van der Waals surface area contributed by atoms with Crippen LogP contribution in [-0.2, 0) is 37.5 Å². The highest BCUT2D eigenvalue weighted by Crippen LogP contribution is 2.43. The van der Waals surface area contributed by atoms with E-state index in [9.17, 15) is 23.8 Å². The average Bonchev–Trinajstić information content (AvgIpc) is 3.31. The van der Waals surface area contributed by atoms with Gasteiger partial charge in [-0.15, -0.1) is 0 Å². The summed E-state index contributed by atoms with van der Waals surface area (Å²) in [5, 5.41) is 8.93. The maximum atomic E-state index is 12.7. The fourth-order valence-electron chi connectivity index (χ4n) is 7.59. The lowest BCUT2D eigenvalue weighted by atomic mass is 10.0. The largest absolute Gasteiger partial charge is 0.480 e. The van der Waals surface area contributed by atoms with Crippen molar-refractivity contribution >= 4 is 25.7 Å². The molecule has 390 valence electrons. The first-order valence-corrected chi connectivity index (χ1v) is 28.7. The molecule has 0 amide bonds. The number of carbonyl (C=O) groups excluding carboxylic acids is 2. The van der Waals surface area contributed by atoms with Gasteiger partial charge in [-0.25, -0.2) is 4.57 Å². The molecule has 0 aromatic carbocycles. The van der Waals surface area contributed by atoms with Crippen LogP contribution in [0.5, 0.6) is 0 Å². The molecule has 0 bridgehead atoms. The number of hydrogen-bond donors (Lipinski definition) is 3. The number of allylic oxidation sites excluding steroid dienone is 8. The topological polar surface area (TPSA) is 172 Å². The molecule has 0 aromatic rings. The van der Waals surface area contributed by atoms with E-state index in [1.54, 1.807) is 0 Å². The Morgan fingerprint density at radius 3 is 1.22 bits per heavy atom. The molecule has 0 radical (unpaired) electrons. The van der Waals surface area contributed by atoms with Crippen LogP contribution in [0.3, 0.4) is 0 Å². The zero-order valence-corrected chi connectivity index (χ0v) is 43.6. The fraction of sp³-hybridized carbons (Fsp3) is 0.800. The highest BCUT2D eigenvalue weighted by molar-refractivity contribution is 7.47. The van der Waals surface area contributed by atoms with Crippen molar-refractivity contribution in [3.63, 3.8) is 0 Å². The number of aliphatic carboxylic acids is 1. The van der Waals surface area contributed by atoms with Crippen molar-refractivity contribution < 1.29 is 47.5 Å². The summed E-state index contributed by atoms with van der Waals surface area (Å²) in [7, 11) is -4.74. The number of carboxylic acid groups (broad SMARTS) is 1. The highest BCUT2D eigenvalue weighted by atomic mass is 31.2. The second kappa shape index (κ2) is 49.8. The summed E-state index contributed by atoms with van der Waals surface area (Å²) < 4.78 is 32.8. The average molecular weight is 966 g/mol.